The van der Waals surface area contributed by atoms with Gasteiger partial charge in [0.15, 0.2) is 5.82 Å². The molecule has 1 aliphatic heterocycles. The molecule has 0 amide bonds. The van der Waals surface area contributed by atoms with Crippen molar-refractivity contribution in [1.29, 1.82) is 0 Å². The van der Waals surface area contributed by atoms with Crippen molar-refractivity contribution in [3.05, 3.63) is 111 Å². The minimum Gasteiger partial charge on any atom is -0.497 e. The Morgan fingerprint density at radius 2 is 1.66 bits per heavy atom. The molecule has 0 aliphatic carbocycles. The number of nitrogens with one attached hydrogen (secondary N) is 1. The summed E-state index contributed by atoms with van der Waals surface area (Å²) < 4.78 is 7.19. The van der Waals surface area contributed by atoms with Gasteiger partial charge < -0.3 is 14.6 Å². The highest BCUT2D eigenvalue weighted by Crippen LogP contribution is 2.30. The zero-order valence-corrected chi connectivity index (χ0v) is 23.7. The molecule has 210 valence electrons. The van der Waals surface area contributed by atoms with Gasteiger partial charge in [-0.3, -0.25) is 9.69 Å². The number of hydrogen-bond donors (Lipinski definition) is 1. The monoisotopic (exact) mass is 549 g/mol. The lowest BCUT2D eigenvalue weighted by atomic mass is 10.00. The summed E-state index contributed by atoms with van der Waals surface area (Å²) in [5.41, 5.74) is 6.10. The summed E-state index contributed by atoms with van der Waals surface area (Å²) in [5, 5.41) is 14.0. The molecule has 1 aliphatic rings. The number of rotatable bonds is 8. The fourth-order valence-electron chi connectivity index (χ4n) is 5.67. The number of pyridine rings is 1. The Morgan fingerprint density at radius 1 is 0.927 bits per heavy atom. The number of piperazine rings is 1. The minimum atomic E-state index is -0.381. The number of H-pyrrole nitrogens is 1. The van der Waals surface area contributed by atoms with Crippen LogP contribution in [-0.4, -0.2) is 63.4 Å². The Labute approximate surface area is 239 Å². The molecule has 1 unspecified atom stereocenters. The second-order valence-corrected chi connectivity index (χ2v) is 10.7. The summed E-state index contributed by atoms with van der Waals surface area (Å²) in [6, 6.07) is 24.3. The molecule has 0 radical (unpaired) electrons. The molecule has 1 fully saturated rings. The van der Waals surface area contributed by atoms with E-state index in [0.717, 1.165) is 60.5 Å². The van der Waals surface area contributed by atoms with Crippen LogP contribution in [0.5, 0.6) is 5.75 Å². The highest BCUT2D eigenvalue weighted by atomic mass is 16.5. The van der Waals surface area contributed by atoms with Crippen molar-refractivity contribution in [1.82, 2.24) is 30.1 Å². The maximum atomic E-state index is 13.7. The molecule has 9 nitrogen and oxygen atoms in total. The first kappa shape index (κ1) is 26.7. The Bertz CT molecular complexity index is 1690. The van der Waals surface area contributed by atoms with E-state index in [0.29, 0.717) is 17.9 Å². The van der Waals surface area contributed by atoms with Crippen molar-refractivity contribution in [2.24, 2.45) is 0 Å². The van der Waals surface area contributed by atoms with Crippen LogP contribution in [0.2, 0.25) is 0 Å². The van der Waals surface area contributed by atoms with Crippen LogP contribution in [-0.2, 0) is 13.0 Å². The van der Waals surface area contributed by atoms with Gasteiger partial charge in [-0.05, 0) is 95.2 Å². The molecule has 1 saturated heterocycles. The molecule has 0 spiro atoms. The summed E-state index contributed by atoms with van der Waals surface area (Å²) in [6.45, 7) is 7.93. The Balaban J connectivity index is 1.34. The molecular formula is C32H35N7O2. The second-order valence-electron chi connectivity index (χ2n) is 10.7. The van der Waals surface area contributed by atoms with Gasteiger partial charge in [0.25, 0.3) is 5.56 Å². The summed E-state index contributed by atoms with van der Waals surface area (Å²) >= 11 is 0. The molecular weight excluding hydrogens is 514 g/mol. The van der Waals surface area contributed by atoms with Crippen LogP contribution in [0.4, 0.5) is 5.69 Å². The first-order chi connectivity index (χ1) is 20.0. The molecule has 1 atom stereocenters. The molecule has 41 heavy (non-hydrogen) atoms. The molecule has 0 saturated carbocycles. The maximum Gasteiger partial charge on any atom is 0.253 e. The zero-order valence-electron chi connectivity index (χ0n) is 23.7. The third-order valence-corrected chi connectivity index (χ3v) is 8.16. The van der Waals surface area contributed by atoms with Gasteiger partial charge in [-0.1, -0.05) is 30.3 Å². The van der Waals surface area contributed by atoms with E-state index in [-0.39, 0.29) is 11.6 Å². The van der Waals surface area contributed by atoms with Gasteiger partial charge in [-0.15, -0.1) is 5.10 Å². The second kappa shape index (κ2) is 11.5. The predicted molar refractivity (Wildman–Crippen MR) is 161 cm³/mol. The summed E-state index contributed by atoms with van der Waals surface area (Å²) in [6.07, 6.45) is 0.795. The number of aryl methyl sites for hydroxylation is 4. The SMILES string of the molecule is COc1ccc(N2CCN(C(c3cc4cc(C)c(C)cc4[nH]c3=O)c3nnnn3CCc3ccccc3)CC2)cc1. The van der Waals surface area contributed by atoms with Gasteiger partial charge in [0.2, 0.25) is 0 Å². The quantitative estimate of drug-likeness (QED) is 0.309. The number of fused-ring (bicyclic) bond motifs is 1. The van der Waals surface area contributed by atoms with Gasteiger partial charge in [-0.2, -0.15) is 0 Å². The van der Waals surface area contributed by atoms with Gasteiger partial charge in [0.1, 0.15) is 11.8 Å². The van der Waals surface area contributed by atoms with E-state index in [1.807, 2.05) is 47.1 Å². The fraction of sp³-hybridized carbons (Fsp3) is 0.312. The number of benzene rings is 3. The normalized spacial score (nSPS) is 14.9. The highest BCUT2D eigenvalue weighted by Gasteiger charge is 2.32. The van der Waals surface area contributed by atoms with E-state index < -0.39 is 0 Å². The summed E-state index contributed by atoms with van der Waals surface area (Å²) in [4.78, 5) is 21.5. The molecule has 1 N–H and O–H groups in total. The van der Waals surface area contributed by atoms with Crippen LogP contribution in [0.3, 0.4) is 0 Å². The van der Waals surface area contributed by atoms with Gasteiger partial charge in [0, 0.05) is 49.5 Å². The van der Waals surface area contributed by atoms with Gasteiger partial charge in [0.05, 0.1) is 7.11 Å². The molecule has 9 heteroatoms. The van der Waals surface area contributed by atoms with Crippen LogP contribution < -0.4 is 15.2 Å². The lowest BCUT2D eigenvalue weighted by Gasteiger charge is -2.39. The van der Waals surface area contributed by atoms with Crippen LogP contribution >= 0.6 is 0 Å². The number of methoxy groups -OCH3 is 1. The van der Waals surface area contributed by atoms with Crippen LogP contribution in [0, 0.1) is 13.8 Å². The van der Waals surface area contributed by atoms with E-state index in [4.69, 9.17) is 4.74 Å². The predicted octanol–water partition coefficient (Wildman–Crippen LogP) is 4.29. The standard InChI is InChI=1S/C32H35N7O2/c1-22-19-25-21-28(32(40)33-29(25)20-23(22)2)30(31-34-35-36-39(31)14-13-24-7-5-4-6-8-24)38-17-15-37(16-18-38)26-9-11-27(41-3)12-10-26/h4-12,19-21,30H,13-18H2,1-3H3,(H,33,40). The first-order valence-corrected chi connectivity index (χ1v) is 14.1. The van der Waals surface area contributed by atoms with E-state index in [1.54, 1.807) is 7.11 Å². The zero-order chi connectivity index (χ0) is 28.3. The first-order valence-electron chi connectivity index (χ1n) is 14.1. The Morgan fingerprint density at radius 3 is 2.39 bits per heavy atom. The van der Waals surface area contributed by atoms with Crippen LogP contribution in [0.1, 0.15) is 34.1 Å². The largest absolute Gasteiger partial charge is 0.497 e. The number of nitrogens with zero attached hydrogens (tertiary/aromatic N) is 6. The molecule has 3 aromatic carbocycles. The third-order valence-electron chi connectivity index (χ3n) is 8.16. The van der Waals surface area contributed by atoms with Crippen molar-refractivity contribution in [3.63, 3.8) is 0 Å². The van der Waals surface area contributed by atoms with E-state index in [2.05, 4.69) is 74.5 Å². The van der Waals surface area contributed by atoms with E-state index in [1.165, 1.54) is 11.1 Å². The minimum absolute atomic E-state index is 0.110. The average Bonchev–Trinajstić information content (AvgIpc) is 3.46. The topological polar surface area (TPSA) is 92.2 Å². The number of aromatic amines is 1. The molecule has 2 aromatic heterocycles. The van der Waals surface area contributed by atoms with Crippen molar-refractivity contribution >= 4 is 16.6 Å². The Kier molecular flexibility index (Phi) is 7.52. The number of aromatic nitrogens is 5. The van der Waals surface area contributed by atoms with E-state index in [9.17, 15) is 4.79 Å². The lowest BCUT2D eigenvalue weighted by molar-refractivity contribution is 0.199. The number of ether oxygens (including phenoxy) is 1. The smallest absolute Gasteiger partial charge is 0.253 e. The lowest BCUT2D eigenvalue weighted by Crippen LogP contribution is -2.49. The van der Waals surface area contributed by atoms with Crippen molar-refractivity contribution < 1.29 is 4.74 Å². The van der Waals surface area contributed by atoms with Gasteiger partial charge >= 0.3 is 0 Å². The van der Waals surface area contributed by atoms with Crippen molar-refractivity contribution in [2.45, 2.75) is 32.9 Å². The molecule has 0 bridgehead atoms. The number of hydrogen-bond acceptors (Lipinski definition) is 7. The molecule has 3 heterocycles. The maximum absolute atomic E-state index is 13.7. The van der Waals surface area contributed by atoms with Crippen molar-refractivity contribution in [2.75, 3.05) is 38.2 Å². The molecule has 5 aromatic rings. The number of tetrazole rings is 1. The van der Waals surface area contributed by atoms with Crippen LogP contribution in [0.25, 0.3) is 10.9 Å². The van der Waals surface area contributed by atoms with Crippen molar-refractivity contribution in [3.8, 4) is 5.75 Å². The third kappa shape index (κ3) is 5.58. The van der Waals surface area contributed by atoms with Gasteiger partial charge in [-0.25, -0.2) is 4.68 Å². The average molecular weight is 550 g/mol. The van der Waals surface area contributed by atoms with Crippen LogP contribution in [0.15, 0.2) is 77.6 Å². The number of anilines is 1. The summed E-state index contributed by atoms with van der Waals surface area (Å²) in [5.74, 6) is 1.53. The summed E-state index contributed by atoms with van der Waals surface area (Å²) in [7, 11) is 1.68. The fourth-order valence-corrected chi connectivity index (χ4v) is 5.67. The van der Waals surface area contributed by atoms with E-state index >= 15 is 0 Å². The Hall–Kier alpha value is -4.50. The highest BCUT2D eigenvalue weighted by molar-refractivity contribution is 5.81. The molecule has 6 rings (SSSR count).